The summed E-state index contributed by atoms with van der Waals surface area (Å²) in [5.74, 6) is 1.86. The number of hydrogen-bond acceptors (Lipinski definition) is 9. The molecule has 3 aliphatic rings. The van der Waals surface area contributed by atoms with Crippen LogP contribution in [-0.4, -0.2) is 36.3 Å². The smallest absolute Gasteiger partial charge is 0.351 e. The summed E-state index contributed by atoms with van der Waals surface area (Å²) >= 11 is 0. The molecule has 0 amide bonds. The van der Waals surface area contributed by atoms with Gasteiger partial charge in [-0.25, -0.2) is 4.79 Å². The topological polar surface area (TPSA) is 126 Å². The SMILES string of the molecule is O=c1nc(OC(C2=CC=CCC2)C2=COC=CO2)cc2n1CCc1cc(OCc3nn[nH]n3)ccc1-2. The van der Waals surface area contributed by atoms with Crippen molar-refractivity contribution in [2.24, 2.45) is 0 Å². The van der Waals surface area contributed by atoms with Crippen LogP contribution in [0.2, 0.25) is 0 Å². The van der Waals surface area contributed by atoms with Crippen molar-refractivity contribution < 1.29 is 18.9 Å². The molecule has 0 radical (unpaired) electrons. The van der Waals surface area contributed by atoms with Crippen LogP contribution in [0, 0.1) is 0 Å². The first-order chi connectivity index (χ1) is 17.7. The molecule has 4 heterocycles. The fraction of sp³-hybridized carbons (Fsp3) is 0.240. The first kappa shape index (κ1) is 21.8. The third kappa shape index (κ3) is 4.38. The van der Waals surface area contributed by atoms with Gasteiger partial charge in [0, 0.05) is 18.2 Å². The minimum absolute atomic E-state index is 0.205. The second-order valence-corrected chi connectivity index (χ2v) is 8.35. The molecule has 0 saturated heterocycles. The van der Waals surface area contributed by atoms with Gasteiger partial charge in [0.1, 0.15) is 24.5 Å². The second kappa shape index (κ2) is 9.53. The molecule has 0 spiro atoms. The van der Waals surface area contributed by atoms with Gasteiger partial charge in [0.05, 0.1) is 5.69 Å². The number of H-pyrrole nitrogens is 1. The van der Waals surface area contributed by atoms with Gasteiger partial charge in [0.2, 0.25) is 11.7 Å². The summed E-state index contributed by atoms with van der Waals surface area (Å²) < 4.78 is 24.7. The van der Waals surface area contributed by atoms with Gasteiger partial charge in [-0.3, -0.25) is 4.57 Å². The highest BCUT2D eigenvalue weighted by Gasteiger charge is 2.27. The third-order valence-corrected chi connectivity index (χ3v) is 6.10. The number of ether oxygens (including phenoxy) is 4. The number of hydrogen-bond donors (Lipinski definition) is 1. The summed E-state index contributed by atoms with van der Waals surface area (Å²) in [4.78, 5) is 17.2. The molecule has 1 aliphatic carbocycles. The van der Waals surface area contributed by atoms with Gasteiger partial charge >= 0.3 is 5.69 Å². The van der Waals surface area contributed by atoms with Crippen LogP contribution in [0.15, 0.2) is 77.4 Å². The van der Waals surface area contributed by atoms with Crippen molar-refractivity contribution in [3.05, 3.63) is 94.5 Å². The fourth-order valence-electron chi connectivity index (χ4n) is 4.40. The van der Waals surface area contributed by atoms with Crippen LogP contribution >= 0.6 is 0 Å². The molecule has 11 heteroatoms. The average Bonchev–Trinajstić information content (AvgIpc) is 3.45. The molecule has 0 fully saturated rings. The quantitative estimate of drug-likeness (QED) is 0.536. The second-order valence-electron chi connectivity index (χ2n) is 8.35. The molecule has 6 rings (SSSR count). The zero-order chi connectivity index (χ0) is 24.3. The highest BCUT2D eigenvalue weighted by atomic mass is 16.6. The maximum atomic E-state index is 12.9. The minimum Gasteiger partial charge on any atom is -0.485 e. The Morgan fingerprint density at radius 1 is 1.19 bits per heavy atom. The predicted molar refractivity (Wildman–Crippen MR) is 126 cm³/mol. The zero-order valence-electron chi connectivity index (χ0n) is 19.2. The van der Waals surface area contributed by atoms with E-state index in [9.17, 15) is 4.79 Å². The van der Waals surface area contributed by atoms with Crippen LogP contribution in [0.5, 0.6) is 11.6 Å². The number of aromatic amines is 1. The van der Waals surface area contributed by atoms with E-state index in [2.05, 4.69) is 31.7 Å². The van der Waals surface area contributed by atoms with Gasteiger partial charge in [0.15, 0.2) is 18.5 Å². The number of rotatable bonds is 7. The van der Waals surface area contributed by atoms with Gasteiger partial charge < -0.3 is 18.9 Å². The summed E-state index contributed by atoms with van der Waals surface area (Å²) in [7, 11) is 0. The normalized spacial score (nSPS) is 16.6. The minimum atomic E-state index is -0.571. The molecule has 182 valence electrons. The molecule has 1 aromatic carbocycles. The summed E-state index contributed by atoms with van der Waals surface area (Å²) in [5, 5.41) is 13.7. The van der Waals surface area contributed by atoms with Crippen molar-refractivity contribution in [1.82, 2.24) is 30.2 Å². The standard InChI is InChI=1S/C25H22N6O5/c32-25-26-23(36-24(16-4-2-1-3-5-16)21-14-33-10-11-34-21)13-20-19-7-6-18(12-17(19)8-9-31(20)25)35-15-22-27-29-30-28-22/h1-2,4,6-7,10-14,24H,3,5,8-9,15H2,(H,27,28,29,30). The highest BCUT2D eigenvalue weighted by Crippen LogP contribution is 2.34. The number of nitrogens with one attached hydrogen (secondary N) is 1. The van der Waals surface area contributed by atoms with Crippen molar-refractivity contribution >= 4 is 0 Å². The lowest BCUT2D eigenvalue weighted by Gasteiger charge is -2.26. The fourth-order valence-corrected chi connectivity index (χ4v) is 4.40. The molecular formula is C25H22N6O5. The number of aromatic nitrogens is 6. The lowest BCUT2D eigenvalue weighted by Crippen LogP contribution is -2.31. The molecule has 1 atom stereocenters. The van der Waals surface area contributed by atoms with E-state index in [1.54, 1.807) is 10.6 Å². The highest BCUT2D eigenvalue weighted by molar-refractivity contribution is 5.67. The van der Waals surface area contributed by atoms with Crippen molar-refractivity contribution in [3.8, 4) is 22.9 Å². The Labute approximate surface area is 205 Å². The van der Waals surface area contributed by atoms with Crippen LogP contribution in [0.3, 0.4) is 0 Å². The Bertz CT molecular complexity index is 1450. The summed E-state index contributed by atoms with van der Waals surface area (Å²) in [6.07, 6.45) is 12.3. The van der Waals surface area contributed by atoms with Crippen molar-refractivity contribution in [1.29, 1.82) is 0 Å². The van der Waals surface area contributed by atoms with Gasteiger partial charge in [-0.1, -0.05) is 23.4 Å². The average molecular weight is 486 g/mol. The Morgan fingerprint density at radius 2 is 2.17 bits per heavy atom. The molecule has 1 unspecified atom stereocenters. The van der Waals surface area contributed by atoms with Gasteiger partial charge in [-0.2, -0.15) is 10.2 Å². The van der Waals surface area contributed by atoms with Gasteiger partial charge in [0.25, 0.3) is 0 Å². The van der Waals surface area contributed by atoms with E-state index in [0.29, 0.717) is 30.3 Å². The summed E-state index contributed by atoms with van der Waals surface area (Å²) in [6.45, 7) is 0.714. The lowest BCUT2D eigenvalue weighted by molar-refractivity contribution is 0.154. The molecule has 2 aliphatic heterocycles. The molecular weight excluding hydrogens is 464 g/mol. The monoisotopic (exact) mass is 486 g/mol. The van der Waals surface area contributed by atoms with Crippen molar-refractivity contribution in [2.75, 3.05) is 0 Å². The number of allylic oxidation sites excluding steroid dienone is 3. The summed E-state index contributed by atoms with van der Waals surface area (Å²) in [6, 6.07) is 7.56. The number of nitrogens with zero attached hydrogens (tertiary/aromatic N) is 5. The van der Waals surface area contributed by atoms with Crippen molar-refractivity contribution in [3.63, 3.8) is 0 Å². The lowest BCUT2D eigenvalue weighted by atomic mass is 9.97. The number of benzene rings is 1. The Balaban J connectivity index is 1.30. The Hall–Kier alpha value is -4.67. The first-order valence-electron chi connectivity index (χ1n) is 11.5. The first-order valence-corrected chi connectivity index (χ1v) is 11.5. The summed E-state index contributed by atoms with van der Waals surface area (Å²) in [5.41, 5.74) is 3.36. The molecule has 3 aromatic rings. The van der Waals surface area contributed by atoms with Crippen LogP contribution in [0.4, 0.5) is 0 Å². The molecule has 0 bridgehead atoms. The Kier molecular flexibility index (Phi) is 5.78. The van der Waals surface area contributed by atoms with E-state index in [1.165, 1.54) is 18.8 Å². The van der Waals surface area contributed by atoms with E-state index in [1.807, 2.05) is 30.4 Å². The van der Waals surface area contributed by atoms with Crippen LogP contribution in [0.25, 0.3) is 11.3 Å². The number of tetrazole rings is 1. The van der Waals surface area contributed by atoms with Gasteiger partial charge in [-0.05, 0) is 48.6 Å². The van der Waals surface area contributed by atoms with Crippen LogP contribution in [-0.2, 0) is 29.0 Å². The largest absolute Gasteiger partial charge is 0.485 e. The maximum Gasteiger partial charge on any atom is 0.351 e. The number of aryl methyl sites for hydroxylation is 1. The van der Waals surface area contributed by atoms with E-state index in [-0.39, 0.29) is 18.2 Å². The van der Waals surface area contributed by atoms with E-state index >= 15 is 0 Å². The number of fused-ring (bicyclic) bond motifs is 3. The molecule has 36 heavy (non-hydrogen) atoms. The third-order valence-electron chi connectivity index (χ3n) is 6.10. The van der Waals surface area contributed by atoms with E-state index in [4.69, 9.17) is 18.9 Å². The van der Waals surface area contributed by atoms with Gasteiger partial charge in [-0.15, -0.1) is 10.2 Å². The van der Waals surface area contributed by atoms with Crippen LogP contribution < -0.4 is 15.2 Å². The van der Waals surface area contributed by atoms with E-state index in [0.717, 1.165) is 35.2 Å². The zero-order valence-corrected chi connectivity index (χ0v) is 19.2. The van der Waals surface area contributed by atoms with E-state index < -0.39 is 6.10 Å². The molecule has 11 nitrogen and oxygen atoms in total. The molecule has 0 saturated carbocycles. The maximum absolute atomic E-state index is 12.9. The molecule has 2 aromatic heterocycles. The predicted octanol–water partition coefficient (Wildman–Crippen LogP) is 2.94. The van der Waals surface area contributed by atoms with Crippen LogP contribution in [0.1, 0.15) is 24.2 Å². The molecule has 1 N–H and O–H groups in total. The van der Waals surface area contributed by atoms with Crippen molar-refractivity contribution in [2.45, 2.75) is 38.5 Å². The Morgan fingerprint density at radius 3 is 2.97 bits per heavy atom.